The minimum absolute atomic E-state index is 0.259. The first-order chi connectivity index (χ1) is 7.89. The first-order valence-electron chi connectivity index (χ1n) is 4.97. The predicted octanol–water partition coefficient (Wildman–Crippen LogP) is 2.67. The molecule has 1 aromatic rings. The van der Waals surface area contributed by atoms with Crippen LogP contribution in [0, 0.1) is 6.92 Å². The number of aromatic nitrogens is 1. The Hall–Kier alpha value is 0.500. The summed E-state index contributed by atoms with van der Waals surface area (Å²) in [5.41, 5.74) is -0.503. The second-order valence-electron chi connectivity index (χ2n) is 3.70. The van der Waals surface area contributed by atoms with E-state index in [4.69, 9.17) is 0 Å². The van der Waals surface area contributed by atoms with Gasteiger partial charge >= 0.3 is 0 Å². The Morgan fingerprint density at radius 1 is 1.47 bits per heavy atom. The molecule has 0 aliphatic carbocycles. The molecule has 4 nitrogen and oxygen atoms in total. The fourth-order valence-corrected chi connectivity index (χ4v) is 6.10. The summed E-state index contributed by atoms with van der Waals surface area (Å²) >= 11 is 7.88. The smallest absolute Gasteiger partial charge is 0.249 e. The molecule has 0 amide bonds. The molecular weight excluding hydrogens is 392 g/mol. The van der Waals surface area contributed by atoms with Crippen molar-refractivity contribution < 1.29 is 8.42 Å². The van der Waals surface area contributed by atoms with E-state index in [0.29, 0.717) is 17.1 Å². The summed E-state index contributed by atoms with van der Waals surface area (Å²) in [6, 6.07) is 0. The van der Waals surface area contributed by atoms with E-state index in [0.717, 1.165) is 5.01 Å². The number of nitrogens with zero attached hydrogens (tertiary/aromatic N) is 1. The van der Waals surface area contributed by atoms with Crippen LogP contribution >= 0.6 is 43.2 Å². The standard InChI is InChI=1S/C9H14Br2N2O2S2/c1-3-9(5-10,6-11)13-17(14,15)8-4-12-7(2)16-8/h4,13H,3,5-6H2,1-2H3. The average Bonchev–Trinajstić information content (AvgIpc) is 2.74. The van der Waals surface area contributed by atoms with Crippen molar-refractivity contribution in [3.8, 4) is 0 Å². The normalized spacial score (nSPS) is 12.9. The van der Waals surface area contributed by atoms with Crippen LogP contribution < -0.4 is 4.72 Å². The number of rotatable bonds is 6. The van der Waals surface area contributed by atoms with Gasteiger partial charge in [0.25, 0.3) is 10.0 Å². The van der Waals surface area contributed by atoms with E-state index >= 15 is 0 Å². The van der Waals surface area contributed by atoms with E-state index in [1.165, 1.54) is 17.5 Å². The lowest BCUT2D eigenvalue weighted by atomic mass is 10.0. The Balaban J connectivity index is 3.00. The zero-order valence-electron chi connectivity index (χ0n) is 9.53. The molecule has 0 radical (unpaired) electrons. The molecule has 0 fully saturated rings. The van der Waals surface area contributed by atoms with Gasteiger partial charge in [-0.2, -0.15) is 0 Å². The molecule has 0 saturated carbocycles. The second-order valence-corrected chi connectivity index (χ2v) is 7.97. The van der Waals surface area contributed by atoms with Crippen molar-refractivity contribution in [1.82, 2.24) is 9.71 Å². The maximum absolute atomic E-state index is 12.2. The lowest BCUT2D eigenvalue weighted by molar-refractivity contribution is 0.460. The number of aryl methyl sites for hydroxylation is 1. The SMILES string of the molecule is CCC(CBr)(CBr)NS(=O)(=O)c1cnc(C)s1. The van der Waals surface area contributed by atoms with Crippen LogP contribution in [-0.2, 0) is 10.0 Å². The Labute approximate surface area is 123 Å². The predicted molar refractivity (Wildman–Crippen MR) is 77.8 cm³/mol. The summed E-state index contributed by atoms with van der Waals surface area (Å²) in [5, 5.41) is 1.85. The van der Waals surface area contributed by atoms with Crippen LogP contribution in [0.15, 0.2) is 10.4 Å². The summed E-state index contributed by atoms with van der Waals surface area (Å²) in [7, 11) is -3.49. The molecule has 1 rings (SSSR count). The lowest BCUT2D eigenvalue weighted by Crippen LogP contribution is -2.50. The summed E-state index contributed by atoms with van der Waals surface area (Å²) < 4.78 is 27.3. The van der Waals surface area contributed by atoms with Crippen molar-refractivity contribution in [2.45, 2.75) is 30.0 Å². The first-order valence-corrected chi connectivity index (χ1v) is 9.52. The van der Waals surface area contributed by atoms with Crippen molar-refractivity contribution in [2.24, 2.45) is 0 Å². The zero-order chi connectivity index (χ0) is 13.1. The van der Waals surface area contributed by atoms with E-state index in [1.54, 1.807) is 6.92 Å². The van der Waals surface area contributed by atoms with Gasteiger partial charge in [0.1, 0.15) is 0 Å². The maximum Gasteiger partial charge on any atom is 0.252 e. The van der Waals surface area contributed by atoms with E-state index in [2.05, 4.69) is 41.6 Å². The van der Waals surface area contributed by atoms with E-state index in [1.807, 2.05) is 6.92 Å². The third-order valence-corrected chi connectivity index (χ3v) is 7.50. The highest BCUT2D eigenvalue weighted by Gasteiger charge is 2.32. The molecule has 0 atom stereocenters. The van der Waals surface area contributed by atoms with Gasteiger partial charge in [0.15, 0.2) is 4.21 Å². The van der Waals surface area contributed by atoms with Gasteiger partial charge in [-0.3, -0.25) is 0 Å². The van der Waals surface area contributed by atoms with Crippen molar-refractivity contribution in [1.29, 1.82) is 0 Å². The van der Waals surface area contributed by atoms with Crippen molar-refractivity contribution in [3.63, 3.8) is 0 Å². The number of halogens is 2. The number of hydrogen-bond donors (Lipinski definition) is 1. The molecule has 0 aromatic carbocycles. The Bertz CT molecular complexity index is 461. The van der Waals surface area contributed by atoms with Gasteiger partial charge in [0.2, 0.25) is 0 Å². The van der Waals surface area contributed by atoms with Crippen LogP contribution in [-0.4, -0.2) is 29.6 Å². The van der Waals surface area contributed by atoms with Gasteiger partial charge in [0, 0.05) is 10.7 Å². The van der Waals surface area contributed by atoms with Gasteiger partial charge in [-0.05, 0) is 13.3 Å². The van der Waals surface area contributed by atoms with Crippen LogP contribution in [0.5, 0.6) is 0 Å². The monoisotopic (exact) mass is 404 g/mol. The molecule has 0 aliphatic heterocycles. The second kappa shape index (κ2) is 6.10. The van der Waals surface area contributed by atoms with Gasteiger partial charge < -0.3 is 0 Å². The number of thiazole rings is 1. The molecule has 1 N–H and O–H groups in total. The minimum Gasteiger partial charge on any atom is -0.249 e. The molecule has 0 bridgehead atoms. The summed E-state index contributed by atoms with van der Waals surface area (Å²) in [4.78, 5) is 3.97. The van der Waals surface area contributed by atoms with Crippen LogP contribution in [0.25, 0.3) is 0 Å². The highest BCUT2D eigenvalue weighted by Crippen LogP contribution is 2.23. The molecule has 0 saturated heterocycles. The molecule has 0 spiro atoms. The molecule has 98 valence electrons. The molecule has 8 heteroatoms. The molecule has 1 heterocycles. The third kappa shape index (κ3) is 3.73. The van der Waals surface area contributed by atoms with Gasteiger partial charge in [-0.1, -0.05) is 38.8 Å². The maximum atomic E-state index is 12.2. The van der Waals surface area contributed by atoms with Gasteiger partial charge in [-0.15, -0.1) is 11.3 Å². The summed E-state index contributed by atoms with van der Waals surface area (Å²) in [6.07, 6.45) is 2.09. The number of nitrogens with one attached hydrogen (secondary N) is 1. The van der Waals surface area contributed by atoms with Crippen LogP contribution in [0.4, 0.5) is 0 Å². The van der Waals surface area contributed by atoms with Crippen molar-refractivity contribution in [2.75, 3.05) is 10.7 Å². The molecule has 1 aromatic heterocycles. The largest absolute Gasteiger partial charge is 0.252 e. The highest BCUT2D eigenvalue weighted by atomic mass is 79.9. The number of hydrogen-bond acceptors (Lipinski definition) is 4. The fourth-order valence-electron chi connectivity index (χ4n) is 1.15. The number of sulfonamides is 1. The zero-order valence-corrected chi connectivity index (χ0v) is 14.3. The van der Waals surface area contributed by atoms with Crippen molar-refractivity contribution in [3.05, 3.63) is 11.2 Å². The van der Waals surface area contributed by atoms with Crippen LogP contribution in [0.1, 0.15) is 18.4 Å². The van der Waals surface area contributed by atoms with E-state index in [-0.39, 0.29) is 4.21 Å². The topological polar surface area (TPSA) is 59.1 Å². The summed E-state index contributed by atoms with van der Waals surface area (Å²) in [5.74, 6) is 0. The first kappa shape index (κ1) is 15.6. The Kier molecular flexibility index (Phi) is 5.58. The average molecular weight is 406 g/mol. The molecule has 0 aliphatic rings. The van der Waals surface area contributed by atoms with E-state index in [9.17, 15) is 8.42 Å². The third-order valence-electron chi connectivity index (χ3n) is 2.40. The Morgan fingerprint density at radius 3 is 2.41 bits per heavy atom. The van der Waals surface area contributed by atoms with Gasteiger partial charge in [0.05, 0.1) is 16.7 Å². The quantitative estimate of drug-likeness (QED) is 0.740. The minimum atomic E-state index is -3.49. The lowest BCUT2D eigenvalue weighted by Gasteiger charge is -2.29. The Morgan fingerprint density at radius 2 is 2.06 bits per heavy atom. The van der Waals surface area contributed by atoms with E-state index < -0.39 is 15.6 Å². The molecule has 17 heavy (non-hydrogen) atoms. The van der Waals surface area contributed by atoms with Crippen LogP contribution in [0.3, 0.4) is 0 Å². The van der Waals surface area contributed by atoms with Crippen molar-refractivity contribution >= 4 is 53.2 Å². The number of alkyl halides is 2. The molecular formula is C9H14Br2N2O2S2. The highest BCUT2D eigenvalue weighted by molar-refractivity contribution is 9.09. The fraction of sp³-hybridized carbons (Fsp3) is 0.667. The van der Waals surface area contributed by atoms with Crippen LogP contribution in [0.2, 0.25) is 0 Å². The molecule has 0 unspecified atom stereocenters. The van der Waals surface area contributed by atoms with Gasteiger partial charge in [-0.25, -0.2) is 18.1 Å². The summed E-state index contributed by atoms with van der Waals surface area (Å²) in [6.45, 7) is 3.73.